The van der Waals surface area contributed by atoms with Gasteiger partial charge in [0.2, 0.25) is 0 Å². The van der Waals surface area contributed by atoms with Gasteiger partial charge in [-0.2, -0.15) is 18.4 Å². The molecule has 0 aromatic heterocycles. The Morgan fingerprint density at radius 1 is 1.17 bits per heavy atom. The van der Waals surface area contributed by atoms with Crippen molar-refractivity contribution in [1.29, 1.82) is 5.26 Å². The lowest BCUT2D eigenvalue weighted by Crippen LogP contribution is -2.05. The summed E-state index contributed by atoms with van der Waals surface area (Å²) in [6.45, 7) is 1.45. The van der Waals surface area contributed by atoms with Gasteiger partial charge in [-0.15, -0.1) is 0 Å². The van der Waals surface area contributed by atoms with Crippen molar-refractivity contribution in [3.05, 3.63) is 58.9 Å². The van der Waals surface area contributed by atoms with Gasteiger partial charge in [-0.3, -0.25) is 4.99 Å². The van der Waals surface area contributed by atoms with Gasteiger partial charge in [-0.25, -0.2) is 4.39 Å². The normalized spacial score (nSPS) is 12.0. The summed E-state index contributed by atoms with van der Waals surface area (Å²) >= 11 is 0. The Kier molecular flexibility index (Phi) is 4.88. The predicted molar refractivity (Wildman–Crippen MR) is 81.0 cm³/mol. The third-order valence-electron chi connectivity index (χ3n) is 3.30. The van der Waals surface area contributed by atoms with Crippen molar-refractivity contribution in [2.45, 2.75) is 13.1 Å². The van der Waals surface area contributed by atoms with Gasteiger partial charge in [0.05, 0.1) is 23.9 Å². The molecule has 2 rings (SSSR count). The van der Waals surface area contributed by atoms with E-state index in [0.29, 0.717) is 5.75 Å². The maximum Gasteiger partial charge on any atom is 0.416 e. The molecule has 0 radical (unpaired) electrons. The Hall–Kier alpha value is -2.88. The molecule has 3 nitrogen and oxygen atoms in total. The maximum absolute atomic E-state index is 14.0. The quantitative estimate of drug-likeness (QED) is 0.593. The number of aliphatic imine (C=N–C) groups is 1. The van der Waals surface area contributed by atoms with E-state index in [1.54, 1.807) is 6.07 Å². The van der Waals surface area contributed by atoms with Crippen molar-refractivity contribution in [3.8, 4) is 11.8 Å². The molecule has 2 aromatic carbocycles. The lowest BCUT2D eigenvalue weighted by Gasteiger charge is -2.09. The third-order valence-corrected chi connectivity index (χ3v) is 3.30. The first-order valence-electron chi connectivity index (χ1n) is 6.77. The highest BCUT2D eigenvalue weighted by Gasteiger charge is 2.31. The van der Waals surface area contributed by atoms with E-state index in [9.17, 15) is 17.6 Å². The van der Waals surface area contributed by atoms with Gasteiger partial charge in [0.25, 0.3) is 0 Å². The number of rotatable bonds is 3. The van der Waals surface area contributed by atoms with Crippen LogP contribution in [0.15, 0.2) is 41.4 Å². The van der Waals surface area contributed by atoms with E-state index in [-0.39, 0.29) is 22.5 Å². The first-order valence-corrected chi connectivity index (χ1v) is 6.77. The predicted octanol–water partition coefficient (Wildman–Crippen LogP) is 4.87. The van der Waals surface area contributed by atoms with Crippen LogP contribution in [-0.2, 0) is 6.18 Å². The number of nitrogens with zero attached hydrogens (tertiary/aromatic N) is 2. The van der Waals surface area contributed by atoms with Crippen LogP contribution in [0.25, 0.3) is 0 Å². The fourth-order valence-electron chi connectivity index (χ4n) is 2.05. The van der Waals surface area contributed by atoms with Gasteiger partial charge in [-0.05, 0) is 37.3 Å². The van der Waals surface area contributed by atoms with Crippen molar-refractivity contribution in [2.75, 3.05) is 7.11 Å². The van der Waals surface area contributed by atoms with Crippen LogP contribution >= 0.6 is 0 Å². The smallest absolute Gasteiger partial charge is 0.416 e. The van der Waals surface area contributed by atoms with Gasteiger partial charge in [0.15, 0.2) is 0 Å². The Bertz CT molecular complexity index is 835. The highest BCUT2D eigenvalue weighted by Crippen LogP contribution is 2.33. The molecule has 0 bridgehead atoms. The molecule has 0 aliphatic rings. The van der Waals surface area contributed by atoms with Crippen LogP contribution < -0.4 is 4.74 Å². The number of hydrogen-bond acceptors (Lipinski definition) is 3. The molecule has 0 aliphatic carbocycles. The Morgan fingerprint density at radius 2 is 1.88 bits per heavy atom. The molecule has 0 heterocycles. The first-order chi connectivity index (χ1) is 11.3. The SMILES string of the molecule is COc1ccc(C(C)=Nc2cc(C(F)(F)F)ccc2C#N)c(F)c1. The summed E-state index contributed by atoms with van der Waals surface area (Å²) in [5.41, 5.74) is -0.873. The molecule has 24 heavy (non-hydrogen) atoms. The number of alkyl halides is 3. The van der Waals surface area contributed by atoms with Crippen molar-refractivity contribution < 1.29 is 22.3 Å². The van der Waals surface area contributed by atoms with E-state index in [1.807, 2.05) is 0 Å². The minimum atomic E-state index is -4.56. The topological polar surface area (TPSA) is 45.4 Å². The zero-order valence-corrected chi connectivity index (χ0v) is 12.8. The second-order valence-electron chi connectivity index (χ2n) is 4.88. The van der Waals surface area contributed by atoms with Crippen LogP contribution in [0, 0.1) is 17.1 Å². The Balaban J connectivity index is 2.52. The monoisotopic (exact) mass is 336 g/mol. The highest BCUT2D eigenvalue weighted by molar-refractivity contribution is 6.00. The second-order valence-corrected chi connectivity index (χ2v) is 4.88. The van der Waals surface area contributed by atoms with Crippen LogP contribution in [0.2, 0.25) is 0 Å². The molecule has 0 saturated heterocycles. The highest BCUT2D eigenvalue weighted by atomic mass is 19.4. The summed E-state index contributed by atoms with van der Waals surface area (Å²) in [6, 6.07) is 8.45. The molecule has 0 fully saturated rings. The number of nitriles is 1. The van der Waals surface area contributed by atoms with Crippen LogP contribution in [0.5, 0.6) is 5.75 Å². The molecular formula is C17H12F4N2O. The molecule has 0 saturated carbocycles. The number of hydrogen-bond donors (Lipinski definition) is 0. The summed E-state index contributed by atoms with van der Waals surface area (Å²) in [4.78, 5) is 4.00. The first kappa shape index (κ1) is 17.5. The van der Waals surface area contributed by atoms with Gasteiger partial charge in [0, 0.05) is 17.3 Å². The number of methoxy groups -OCH3 is 1. The molecule has 0 spiro atoms. The third kappa shape index (κ3) is 3.71. The average molecular weight is 336 g/mol. The molecular weight excluding hydrogens is 324 g/mol. The van der Waals surface area contributed by atoms with Crippen molar-refractivity contribution in [1.82, 2.24) is 0 Å². The number of benzene rings is 2. The molecule has 124 valence electrons. The molecule has 7 heteroatoms. The van der Waals surface area contributed by atoms with E-state index < -0.39 is 17.6 Å². The zero-order valence-electron chi connectivity index (χ0n) is 12.8. The van der Waals surface area contributed by atoms with Crippen molar-refractivity contribution in [3.63, 3.8) is 0 Å². The summed E-state index contributed by atoms with van der Waals surface area (Å²) < 4.78 is 57.3. The van der Waals surface area contributed by atoms with E-state index in [0.717, 1.165) is 24.3 Å². The van der Waals surface area contributed by atoms with Crippen LogP contribution in [0.1, 0.15) is 23.6 Å². The summed E-state index contributed by atoms with van der Waals surface area (Å²) in [5, 5.41) is 9.03. The van der Waals surface area contributed by atoms with E-state index in [1.165, 1.54) is 26.2 Å². The average Bonchev–Trinajstić information content (AvgIpc) is 2.53. The molecule has 0 unspecified atom stereocenters. The maximum atomic E-state index is 14.0. The minimum Gasteiger partial charge on any atom is -0.497 e. The fourth-order valence-corrected chi connectivity index (χ4v) is 2.05. The van der Waals surface area contributed by atoms with Crippen LogP contribution in [0.3, 0.4) is 0 Å². The van der Waals surface area contributed by atoms with Gasteiger partial charge in [0.1, 0.15) is 17.6 Å². The lowest BCUT2D eigenvalue weighted by atomic mass is 10.1. The molecule has 0 amide bonds. The molecule has 0 atom stereocenters. The molecule has 0 N–H and O–H groups in total. The Labute approximate surface area is 135 Å². The summed E-state index contributed by atoms with van der Waals surface area (Å²) in [7, 11) is 1.39. The van der Waals surface area contributed by atoms with Gasteiger partial charge >= 0.3 is 6.18 Å². The van der Waals surface area contributed by atoms with Crippen LogP contribution in [-0.4, -0.2) is 12.8 Å². The fraction of sp³-hybridized carbons (Fsp3) is 0.176. The van der Waals surface area contributed by atoms with Gasteiger partial charge < -0.3 is 4.74 Å². The zero-order chi connectivity index (χ0) is 17.9. The largest absolute Gasteiger partial charge is 0.497 e. The molecule has 0 aliphatic heterocycles. The Morgan fingerprint density at radius 3 is 2.42 bits per heavy atom. The standard InChI is InChI=1S/C17H12F4N2O/c1-10(14-6-5-13(24-2)8-15(14)18)23-16-7-12(17(19,20)21)4-3-11(16)9-22/h3-8H,1-2H3. The molecule has 2 aromatic rings. The summed E-state index contributed by atoms with van der Waals surface area (Å²) in [6.07, 6.45) is -4.56. The number of ether oxygens (including phenoxy) is 1. The van der Waals surface area contributed by atoms with Crippen LogP contribution in [0.4, 0.5) is 23.2 Å². The van der Waals surface area contributed by atoms with E-state index in [2.05, 4.69) is 4.99 Å². The van der Waals surface area contributed by atoms with E-state index >= 15 is 0 Å². The summed E-state index contributed by atoms with van der Waals surface area (Å²) in [5.74, 6) is -0.318. The second kappa shape index (κ2) is 6.71. The van der Waals surface area contributed by atoms with Crippen molar-refractivity contribution >= 4 is 11.4 Å². The number of halogens is 4. The van der Waals surface area contributed by atoms with E-state index in [4.69, 9.17) is 10.00 Å². The minimum absolute atomic E-state index is 0.0312. The lowest BCUT2D eigenvalue weighted by molar-refractivity contribution is -0.137. The van der Waals surface area contributed by atoms with Crippen molar-refractivity contribution in [2.24, 2.45) is 4.99 Å². The van der Waals surface area contributed by atoms with Gasteiger partial charge in [-0.1, -0.05) is 0 Å².